The SMILES string of the molecule is CC(CCC1(C)N=C(c2ccc(F)c(Cl)c2)C(=O)N1C(CCC(C)(C)C)c1ccc(C(=O)O)cc1)C(C)(C)C. The van der Waals surface area contributed by atoms with Crippen molar-refractivity contribution in [3.05, 3.63) is 70.0 Å². The number of carboxylic acid groups (broad SMARTS) is 1. The average molecular weight is 557 g/mol. The minimum Gasteiger partial charge on any atom is -0.478 e. The fourth-order valence-electron chi connectivity index (χ4n) is 4.95. The van der Waals surface area contributed by atoms with Gasteiger partial charge in [-0.15, -0.1) is 0 Å². The van der Waals surface area contributed by atoms with Gasteiger partial charge < -0.3 is 10.0 Å². The summed E-state index contributed by atoms with van der Waals surface area (Å²) in [7, 11) is 0. The predicted octanol–water partition coefficient (Wildman–Crippen LogP) is 8.55. The van der Waals surface area contributed by atoms with Gasteiger partial charge in [-0.3, -0.25) is 9.79 Å². The van der Waals surface area contributed by atoms with Crippen molar-refractivity contribution in [3.8, 4) is 0 Å². The van der Waals surface area contributed by atoms with Crippen LogP contribution in [0, 0.1) is 22.6 Å². The molecule has 39 heavy (non-hydrogen) atoms. The first kappa shape index (κ1) is 30.8. The maximum absolute atomic E-state index is 14.2. The Kier molecular flexibility index (Phi) is 9.01. The van der Waals surface area contributed by atoms with Crippen molar-refractivity contribution in [2.24, 2.45) is 21.7 Å². The number of amides is 1. The zero-order chi connectivity index (χ0) is 29.3. The molecule has 2 aromatic rings. The van der Waals surface area contributed by atoms with E-state index < -0.39 is 17.4 Å². The second-order valence-electron chi connectivity index (χ2n) is 13.3. The number of benzene rings is 2. The molecule has 0 radical (unpaired) electrons. The van der Waals surface area contributed by atoms with E-state index in [2.05, 4.69) is 48.5 Å². The summed E-state index contributed by atoms with van der Waals surface area (Å²) >= 11 is 6.10. The summed E-state index contributed by atoms with van der Waals surface area (Å²) in [5, 5.41) is 9.37. The van der Waals surface area contributed by atoms with Gasteiger partial charge in [0.25, 0.3) is 5.91 Å². The first-order valence-corrected chi connectivity index (χ1v) is 14.0. The zero-order valence-corrected chi connectivity index (χ0v) is 25.2. The molecule has 5 nitrogen and oxygen atoms in total. The van der Waals surface area contributed by atoms with E-state index >= 15 is 0 Å². The molecular formula is C32H42ClFN2O3. The largest absolute Gasteiger partial charge is 0.478 e. The number of hydrogen-bond acceptors (Lipinski definition) is 3. The average Bonchev–Trinajstić information content (AvgIpc) is 3.09. The van der Waals surface area contributed by atoms with Crippen LogP contribution < -0.4 is 0 Å². The first-order chi connectivity index (χ1) is 17.9. The molecule has 0 fully saturated rings. The van der Waals surface area contributed by atoms with Gasteiger partial charge >= 0.3 is 5.97 Å². The highest BCUT2D eigenvalue weighted by Crippen LogP contribution is 2.43. The van der Waals surface area contributed by atoms with Crippen LogP contribution in [0.25, 0.3) is 0 Å². The van der Waals surface area contributed by atoms with Crippen LogP contribution in [0.15, 0.2) is 47.5 Å². The molecule has 3 unspecified atom stereocenters. The lowest BCUT2D eigenvalue weighted by molar-refractivity contribution is -0.131. The lowest BCUT2D eigenvalue weighted by Crippen LogP contribution is -2.47. The molecule has 7 heteroatoms. The number of aliphatic imine (C=N–C) groups is 1. The third kappa shape index (κ3) is 7.27. The Bertz CT molecular complexity index is 1240. The Hall–Kier alpha value is -2.73. The van der Waals surface area contributed by atoms with Crippen molar-refractivity contribution in [3.63, 3.8) is 0 Å². The Morgan fingerprint density at radius 2 is 1.69 bits per heavy atom. The van der Waals surface area contributed by atoms with E-state index in [0.29, 0.717) is 24.3 Å². The quantitative estimate of drug-likeness (QED) is 0.336. The van der Waals surface area contributed by atoms with Gasteiger partial charge in [0.1, 0.15) is 17.2 Å². The van der Waals surface area contributed by atoms with Crippen LogP contribution in [0.3, 0.4) is 0 Å². The number of rotatable bonds is 9. The summed E-state index contributed by atoms with van der Waals surface area (Å²) in [5.74, 6) is -1.39. The van der Waals surface area contributed by atoms with Crippen molar-refractivity contribution in [2.75, 3.05) is 0 Å². The third-order valence-corrected chi connectivity index (χ3v) is 8.33. The monoisotopic (exact) mass is 556 g/mol. The second-order valence-corrected chi connectivity index (χ2v) is 13.7. The summed E-state index contributed by atoms with van der Waals surface area (Å²) < 4.78 is 14.0. The minimum absolute atomic E-state index is 0.0212. The molecule has 0 saturated carbocycles. The van der Waals surface area contributed by atoms with Crippen LogP contribution >= 0.6 is 11.6 Å². The summed E-state index contributed by atoms with van der Waals surface area (Å²) in [5.41, 5.74) is 1.08. The van der Waals surface area contributed by atoms with E-state index in [1.807, 2.05) is 11.8 Å². The van der Waals surface area contributed by atoms with Crippen LogP contribution in [0.1, 0.15) is 109 Å². The third-order valence-electron chi connectivity index (χ3n) is 8.04. The number of carboxylic acids is 1. The molecule has 1 heterocycles. The normalized spacial score (nSPS) is 19.7. The highest BCUT2D eigenvalue weighted by atomic mass is 35.5. The molecule has 0 aromatic heterocycles. The number of hydrogen-bond donors (Lipinski definition) is 1. The maximum atomic E-state index is 14.2. The fourth-order valence-corrected chi connectivity index (χ4v) is 5.13. The molecular weight excluding hydrogens is 515 g/mol. The van der Waals surface area contributed by atoms with E-state index in [9.17, 15) is 19.1 Å². The van der Waals surface area contributed by atoms with Gasteiger partial charge in [-0.25, -0.2) is 9.18 Å². The van der Waals surface area contributed by atoms with Crippen molar-refractivity contribution in [1.82, 2.24) is 4.90 Å². The fraction of sp³-hybridized carbons (Fsp3) is 0.531. The van der Waals surface area contributed by atoms with E-state index in [-0.39, 0.29) is 39.1 Å². The summed E-state index contributed by atoms with van der Waals surface area (Å²) in [4.78, 5) is 32.7. The highest BCUT2D eigenvalue weighted by Gasteiger charge is 2.48. The van der Waals surface area contributed by atoms with Gasteiger partial charge in [0, 0.05) is 5.56 Å². The van der Waals surface area contributed by atoms with Crippen LogP contribution in [0.2, 0.25) is 5.02 Å². The van der Waals surface area contributed by atoms with Gasteiger partial charge in [-0.05, 0) is 85.3 Å². The maximum Gasteiger partial charge on any atom is 0.335 e. The molecule has 1 aliphatic rings. The Labute approximate surface area is 237 Å². The topological polar surface area (TPSA) is 70.0 Å². The van der Waals surface area contributed by atoms with Crippen LogP contribution in [0.4, 0.5) is 4.39 Å². The smallest absolute Gasteiger partial charge is 0.335 e. The molecule has 0 spiro atoms. The summed E-state index contributed by atoms with van der Waals surface area (Å²) in [6.45, 7) is 17.3. The zero-order valence-electron chi connectivity index (χ0n) is 24.4. The van der Waals surface area contributed by atoms with Gasteiger partial charge in [0.2, 0.25) is 0 Å². The Morgan fingerprint density at radius 3 is 2.21 bits per heavy atom. The van der Waals surface area contributed by atoms with Crippen LogP contribution in [-0.4, -0.2) is 33.3 Å². The van der Waals surface area contributed by atoms with Gasteiger partial charge in [0.05, 0.1) is 16.6 Å². The van der Waals surface area contributed by atoms with Crippen LogP contribution in [-0.2, 0) is 4.79 Å². The molecule has 212 valence electrons. The van der Waals surface area contributed by atoms with E-state index in [4.69, 9.17) is 16.6 Å². The van der Waals surface area contributed by atoms with Crippen molar-refractivity contribution < 1.29 is 19.1 Å². The molecule has 0 aliphatic carbocycles. The number of nitrogens with zero attached hydrogens (tertiary/aromatic N) is 2. The summed E-state index contributed by atoms with van der Waals surface area (Å²) in [6, 6.07) is 10.7. The van der Waals surface area contributed by atoms with Crippen molar-refractivity contribution >= 4 is 29.2 Å². The van der Waals surface area contributed by atoms with E-state index in [1.54, 1.807) is 30.3 Å². The van der Waals surface area contributed by atoms with E-state index in [0.717, 1.165) is 18.4 Å². The lowest BCUT2D eigenvalue weighted by Gasteiger charge is -2.41. The molecule has 1 N–H and O–H groups in total. The molecule has 3 atom stereocenters. The number of aromatic carboxylic acids is 1. The summed E-state index contributed by atoms with van der Waals surface area (Å²) in [6.07, 6.45) is 3.02. The first-order valence-electron chi connectivity index (χ1n) is 13.7. The molecule has 3 rings (SSSR count). The second kappa shape index (κ2) is 11.4. The molecule has 2 aromatic carbocycles. The molecule has 0 saturated heterocycles. The van der Waals surface area contributed by atoms with Gasteiger partial charge in [-0.1, -0.05) is 72.2 Å². The minimum atomic E-state index is -0.996. The van der Waals surface area contributed by atoms with Gasteiger partial charge in [0.15, 0.2) is 0 Å². The lowest BCUT2D eigenvalue weighted by atomic mass is 9.78. The predicted molar refractivity (Wildman–Crippen MR) is 156 cm³/mol. The Morgan fingerprint density at radius 1 is 1.08 bits per heavy atom. The van der Waals surface area contributed by atoms with Crippen molar-refractivity contribution in [1.29, 1.82) is 0 Å². The Balaban J connectivity index is 2.12. The number of carbonyl (C=O) groups excluding carboxylic acids is 1. The van der Waals surface area contributed by atoms with Gasteiger partial charge in [-0.2, -0.15) is 0 Å². The molecule has 1 amide bonds. The standard InChI is InChI=1S/C32H42ClFN2O3/c1-20(31(5,6)7)15-18-32(8)35-27(23-13-14-25(34)24(33)19-23)28(37)36(32)26(16-17-30(2,3)4)21-9-11-22(12-10-21)29(38)39/h9-14,19-20,26H,15-18H2,1-8H3,(H,38,39). The number of halogens is 2. The molecule has 0 bridgehead atoms. The molecule has 1 aliphatic heterocycles. The number of carbonyl (C=O) groups is 2. The van der Waals surface area contributed by atoms with Crippen LogP contribution in [0.5, 0.6) is 0 Å². The van der Waals surface area contributed by atoms with E-state index in [1.165, 1.54) is 12.1 Å². The highest BCUT2D eigenvalue weighted by molar-refractivity contribution is 6.47. The van der Waals surface area contributed by atoms with Crippen molar-refractivity contribution in [2.45, 2.75) is 92.8 Å².